The van der Waals surface area contributed by atoms with Gasteiger partial charge in [-0.25, -0.2) is 0 Å². The fraction of sp³-hybridized carbons (Fsp3) is 0.333. The third-order valence-electron chi connectivity index (χ3n) is 2.18. The Labute approximate surface area is 99.5 Å². The van der Waals surface area contributed by atoms with Crippen molar-refractivity contribution in [3.05, 3.63) is 39.0 Å². The van der Waals surface area contributed by atoms with Crippen LogP contribution in [0.5, 0.6) is 0 Å². The Hall–Kier alpha value is -0.350. The van der Waals surface area contributed by atoms with Gasteiger partial charge in [-0.1, -0.05) is 37.6 Å². The molecule has 0 amide bonds. The molecule has 0 radical (unpaired) electrons. The van der Waals surface area contributed by atoms with Gasteiger partial charge in [0.15, 0.2) is 0 Å². The van der Waals surface area contributed by atoms with Gasteiger partial charge in [0.05, 0.1) is 0 Å². The first-order valence-corrected chi connectivity index (χ1v) is 5.87. The maximum atomic E-state index is 5.69. The number of rotatable bonds is 3. The summed E-state index contributed by atoms with van der Waals surface area (Å²) < 4.78 is 1.26. The first-order chi connectivity index (χ1) is 6.63. The molecule has 76 valence electrons. The van der Waals surface area contributed by atoms with Crippen LogP contribution in [0.15, 0.2) is 29.8 Å². The van der Waals surface area contributed by atoms with Gasteiger partial charge in [0.1, 0.15) is 0 Å². The zero-order valence-electron chi connectivity index (χ0n) is 8.63. The number of halogens is 1. The van der Waals surface area contributed by atoms with Crippen molar-refractivity contribution >= 4 is 28.7 Å². The lowest BCUT2D eigenvalue weighted by molar-refractivity contribution is 0.752. The van der Waals surface area contributed by atoms with Crippen LogP contribution in [0.1, 0.15) is 19.4 Å². The van der Waals surface area contributed by atoms with E-state index in [2.05, 4.69) is 66.8 Å². The van der Waals surface area contributed by atoms with Crippen LogP contribution in [-0.4, -0.2) is 6.54 Å². The van der Waals surface area contributed by atoms with Crippen LogP contribution >= 0.6 is 22.6 Å². The summed E-state index contributed by atoms with van der Waals surface area (Å²) >= 11 is 2.32. The minimum absolute atomic E-state index is 0.526. The fourth-order valence-corrected chi connectivity index (χ4v) is 1.84. The number of hydrogen-bond donors (Lipinski definition) is 1. The molecular weight excluding hydrogens is 285 g/mol. The molecule has 1 nitrogen and oxygen atoms in total. The SMILES string of the molecule is CC(C)/C(=C/c1cccc(I)c1)CN. The van der Waals surface area contributed by atoms with Crippen LogP contribution < -0.4 is 5.73 Å². The van der Waals surface area contributed by atoms with Crippen LogP contribution in [0.2, 0.25) is 0 Å². The number of nitrogens with two attached hydrogens (primary N) is 1. The zero-order chi connectivity index (χ0) is 10.6. The molecular formula is C12H16IN. The normalized spacial score (nSPS) is 12.2. The molecule has 0 aliphatic rings. The molecule has 2 heteroatoms. The summed E-state index contributed by atoms with van der Waals surface area (Å²) in [6.07, 6.45) is 2.19. The molecule has 0 aliphatic carbocycles. The van der Waals surface area contributed by atoms with Crippen molar-refractivity contribution < 1.29 is 0 Å². The minimum atomic E-state index is 0.526. The molecule has 0 aromatic heterocycles. The van der Waals surface area contributed by atoms with Crippen LogP contribution in [0.3, 0.4) is 0 Å². The number of benzene rings is 1. The van der Waals surface area contributed by atoms with Gasteiger partial charge in [-0.2, -0.15) is 0 Å². The Bertz CT molecular complexity index is 329. The molecule has 0 saturated carbocycles. The highest BCUT2D eigenvalue weighted by atomic mass is 127. The lowest BCUT2D eigenvalue weighted by Gasteiger charge is -2.08. The molecule has 0 fully saturated rings. The third kappa shape index (κ3) is 3.42. The van der Waals surface area contributed by atoms with Crippen LogP contribution in [-0.2, 0) is 0 Å². The second-order valence-corrected chi connectivity index (χ2v) is 4.88. The predicted octanol–water partition coefficient (Wildman–Crippen LogP) is 3.29. The van der Waals surface area contributed by atoms with E-state index in [1.165, 1.54) is 14.7 Å². The van der Waals surface area contributed by atoms with Gasteiger partial charge < -0.3 is 5.73 Å². The quantitative estimate of drug-likeness (QED) is 0.852. The highest BCUT2D eigenvalue weighted by Gasteiger charge is 2.00. The molecule has 0 spiro atoms. The van der Waals surface area contributed by atoms with Crippen molar-refractivity contribution in [1.29, 1.82) is 0 Å². The molecule has 0 heterocycles. The fourth-order valence-electron chi connectivity index (χ4n) is 1.27. The highest BCUT2D eigenvalue weighted by molar-refractivity contribution is 14.1. The lowest BCUT2D eigenvalue weighted by Crippen LogP contribution is -2.08. The van der Waals surface area contributed by atoms with E-state index in [0.717, 1.165) is 0 Å². The second kappa shape index (κ2) is 5.51. The van der Waals surface area contributed by atoms with E-state index in [1.54, 1.807) is 0 Å². The van der Waals surface area contributed by atoms with Gasteiger partial charge in [0.25, 0.3) is 0 Å². The van der Waals surface area contributed by atoms with Gasteiger partial charge in [-0.3, -0.25) is 0 Å². The average molecular weight is 301 g/mol. The predicted molar refractivity (Wildman–Crippen MR) is 71.0 cm³/mol. The molecule has 2 N–H and O–H groups in total. The Morgan fingerprint density at radius 2 is 2.21 bits per heavy atom. The van der Waals surface area contributed by atoms with Gasteiger partial charge in [-0.15, -0.1) is 0 Å². The molecule has 1 aromatic rings. The van der Waals surface area contributed by atoms with Crippen molar-refractivity contribution in [3.8, 4) is 0 Å². The lowest BCUT2D eigenvalue weighted by atomic mass is 10.0. The van der Waals surface area contributed by atoms with Gasteiger partial charge in [-0.05, 0) is 46.2 Å². The Balaban J connectivity index is 2.94. The summed E-state index contributed by atoms with van der Waals surface area (Å²) in [4.78, 5) is 0. The van der Waals surface area contributed by atoms with Crippen molar-refractivity contribution in [2.45, 2.75) is 13.8 Å². The van der Waals surface area contributed by atoms with E-state index in [9.17, 15) is 0 Å². The molecule has 0 unspecified atom stereocenters. The summed E-state index contributed by atoms with van der Waals surface area (Å²) in [6.45, 7) is 4.99. The van der Waals surface area contributed by atoms with Crippen molar-refractivity contribution in [3.63, 3.8) is 0 Å². The van der Waals surface area contributed by atoms with E-state index in [4.69, 9.17) is 5.73 Å². The Morgan fingerprint density at radius 1 is 1.50 bits per heavy atom. The maximum absolute atomic E-state index is 5.69. The molecule has 0 atom stereocenters. The van der Waals surface area contributed by atoms with E-state index in [1.807, 2.05) is 0 Å². The smallest absolute Gasteiger partial charge is 0.0142 e. The summed E-state index contributed by atoms with van der Waals surface area (Å²) in [7, 11) is 0. The van der Waals surface area contributed by atoms with E-state index in [0.29, 0.717) is 12.5 Å². The second-order valence-electron chi connectivity index (χ2n) is 3.63. The molecule has 1 rings (SSSR count). The maximum Gasteiger partial charge on any atom is 0.0142 e. The molecule has 1 aromatic carbocycles. The third-order valence-corrected chi connectivity index (χ3v) is 2.85. The average Bonchev–Trinajstić information content (AvgIpc) is 2.14. The summed E-state index contributed by atoms with van der Waals surface area (Å²) in [5, 5.41) is 0. The monoisotopic (exact) mass is 301 g/mol. The van der Waals surface area contributed by atoms with Crippen LogP contribution in [0, 0.1) is 9.49 Å². The molecule has 0 aliphatic heterocycles. The zero-order valence-corrected chi connectivity index (χ0v) is 10.8. The largest absolute Gasteiger partial charge is 0.327 e. The van der Waals surface area contributed by atoms with Crippen LogP contribution in [0.25, 0.3) is 6.08 Å². The first kappa shape index (κ1) is 11.7. The van der Waals surface area contributed by atoms with Crippen molar-refractivity contribution in [1.82, 2.24) is 0 Å². The molecule has 0 bridgehead atoms. The summed E-state index contributed by atoms with van der Waals surface area (Å²) in [5.41, 5.74) is 8.23. The number of hydrogen-bond acceptors (Lipinski definition) is 1. The van der Waals surface area contributed by atoms with Gasteiger partial charge in [0, 0.05) is 10.1 Å². The van der Waals surface area contributed by atoms with Gasteiger partial charge >= 0.3 is 0 Å². The van der Waals surface area contributed by atoms with E-state index >= 15 is 0 Å². The topological polar surface area (TPSA) is 26.0 Å². The summed E-state index contributed by atoms with van der Waals surface area (Å²) in [6, 6.07) is 8.44. The highest BCUT2D eigenvalue weighted by Crippen LogP contribution is 2.15. The van der Waals surface area contributed by atoms with E-state index < -0.39 is 0 Å². The molecule has 14 heavy (non-hydrogen) atoms. The van der Waals surface area contributed by atoms with E-state index in [-0.39, 0.29) is 0 Å². The minimum Gasteiger partial charge on any atom is -0.327 e. The first-order valence-electron chi connectivity index (χ1n) is 4.79. The summed E-state index contributed by atoms with van der Waals surface area (Å²) in [5.74, 6) is 0.526. The van der Waals surface area contributed by atoms with Gasteiger partial charge in [0.2, 0.25) is 0 Å². The Morgan fingerprint density at radius 3 is 2.71 bits per heavy atom. The van der Waals surface area contributed by atoms with Crippen LogP contribution in [0.4, 0.5) is 0 Å². The standard InChI is InChI=1S/C12H16IN/c1-9(2)11(8-14)6-10-4-3-5-12(13)7-10/h3-7,9H,8,14H2,1-2H3/b11-6+. The Kier molecular flexibility index (Phi) is 4.62. The van der Waals surface area contributed by atoms with Crippen molar-refractivity contribution in [2.75, 3.05) is 6.54 Å². The molecule has 0 saturated heterocycles. The van der Waals surface area contributed by atoms with Crippen molar-refractivity contribution in [2.24, 2.45) is 11.7 Å².